The molecule has 0 aliphatic carbocycles. The molecule has 1 atom stereocenters. The first kappa shape index (κ1) is 17.3. The van der Waals surface area contributed by atoms with Crippen molar-refractivity contribution >= 4 is 28.0 Å². The maximum Gasteiger partial charge on any atom is 0.412 e. The zero-order valence-electron chi connectivity index (χ0n) is 15.0. The maximum absolute atomic E-state index is 12.1. The summed E-state index contributed by atoms with van der Waals surface area (Å²) in [5.41, 5.74) is 1.62. The summed E-state index contributed by atoms with van der Waals surface area (Å²) >= 11 is 0. The highest BCUT2D eigenvalue weighted by molar-refractivity contribution is 6.05. The smallest absolute Gasteiger partial charge is 0.412 e. The van der Waals surface area contributed by atoms with E-state index >= 15 is 0 Å². The van der Waals surface area contributed by atoms with Gasteiger partial charge in [-0.25, -0.2) is 4.79 Å². The monoisotopic (exact) mass is 339 g/mol. The van der Waals surface area contributed by atoms with Gasteiger partial charge in [-0.1, -0.05) is 44.9 Å². The predicted molar refractivity (Wildman–Crippen MR) is 101 cm³/mol. The van der Waals surface area contributed by atoms with Gasteiger partial charge in [0.1, 0.15) is 16.9 Å². The third kappa shape index (κ3) is 4.32. The molecule has 0 fully saturated rings. The number of carbonyl (C=O) groups excluding carboxylic acids is 1. The molecule has 0 aliphatic rings. The van der Waals surface area contributed by atoms with Crippen molar-refractivity contribution in [2.24, 2.45) is 5.92 Å². The van der Waals surface area contributed by atoms with E-state index in [2.05, 4.69) is 19.2 Å². The largest absolute Gasteiger partial charge is 0.456 e. The Morgan fingerprint density at radius 3 is 2.60 bits per heavy atom. The van der Waals surface area contributed by atoms with Gasteiger partial charge in [-0.15, -0.1) is 0 Å². The fourth-order valence-corrected chi connectivity index (χ4v) is 3.01. The van der Waals surface area contributed by atoms with E-state index in [1.54, 1.807) is 6.07 Å². The highest BCUT2D eigenvalue weighted by atomic mass is 16.6. The zero-order valence-corrected chi connectivity index (χ0v) is 15.0. The molecule has 0 aliphatic heterocycles. The average molecular weight is 339 g/mol. The minimum atomic E-state index is -0.413. The highest BCUT2D eigenvalue weighted by Gasteiger charge is 2.12. The summed E-state index contributed by atoms with van der Waals surface area (Å²) in [5.74, 6) is 1.21. The van der Waals surface area contributed by atoms with Crippen LogP contribution < -0.4 is 10.1 Å². The number of fused-ring (bicyclic) bond motifs is 3. The molecule has 1 heterocycles. The number of para-hydroxylation sites is 1. The molecule has 0 saturated heterocycles. The Labute approximate surface area is 148 Å². The Kier molecular flexibility index (Phi) is 5.27. The number of nitrogens with one attached hydrogen (secondary N) is 1. The van der Waals surface area contributed by atoms with Crippen LogP contribution >= 0.6 is 0 Å². The van der Waals surface area contributed by atoms with Crippen molar-refractivity contribution in [3.8, 4) is 5.75 Å². The Bertz CT molecular complexity index is 866. The van der Waals surface area contributed by atoms with Gasteiger partial charge < -0.3 is 14.5 Å². The number of ether oxygens (including phenoxy) is 1. The van der Waals surface area contributed by atoms with Crippen LogP contribution in [0.3, 0.4) is 0 Å². The molecule has 0 bridgehead atoms. The van der Waals surface area contributed by atoms with Gasteiger partial charge in [-0.05, 0) is 43.5 Å². The van der Waals surface area contributed by atoms with Crippen LogP contribution in [0.1, 0.15) is 40.0 Å². The predicted octanol–water partition coefficient (Wildman–Crippen LogP) is 5.89. The van der Waals surface area contributed by atoms with Gasteiger partial charge in [0.2, 0.25) is 0 Å². The summed E-state index contributed by atoms with van der Waals surface area (Å²) in [5, 5.41) is 4.87. The van der Waals surface area contributed by atoms with Crippen molar-refractivity contribution in [1.29, 1.82) is 0 Å². The molecular formula is C21H25NO3. The van der Waals surface area contributed by atoms with Gasteiger partial charge in [-0.3, -0.25) is 0 Å². The standard InChI is InChI=1S/C21H25NO3/c1-14(2)7-6-8-15(3)22-21(23)24-16-11-12-20-18(13-16)17-9-4-5-10-19(17)25-20/h4-5,9-15H,6-8H2,1-3H3,(H,22,23). The fourth-order valence-electron chi connectivity index (χ4n) is 3.01. The number of amides is 1. The van der Waals surface area contributed by atoms with E-state index in [1.165, 1.54) is 6.42 Å². The van der Waals surface area contributed by atoms with Crippen LogP contribution in [0.4, 0.5) is 4.79 Å². The van der Waals surface area contributed by atoms with Crippen LogP contribution in [0.25, 0.3) is 21.9 Å². The first-order valence-electron chi connectivity index (χ1n) is 8.92. The van der Waals surface area contributed by atoms with Gasteiger partial charge >= 0.3 is 6.09 Å². The van der Waals surface area contributed by atoms with Gasteiger partial charge in [0, 0.05) is 16.8 Å². The minimum Gasteiger partial charge on any atom is -0.456 e. The molecule has 0 radical (unpaired) electrons. The lowest BCUT2D eigenvalue weighted by Crippen LogP contribution is -2.34. The van der Waals surface area contributed by atoms with Gasteiger partial charge in [0.15, 0.2) is 0 Å². The number of rotatable bonds is 6. The molecule has 4 nitrogen and oxygen atoms in total. The van der Waals surface area contributed by atoms with Crippen molar-refractivity contribution in [1.82, 2.24) is 5.32 Å². The summed E-state index contributed by atoms with van der Waals surface area (Å²) in [6, 6.07) is 13.4. The van der Waals surface area contributed by atoms with E-state index in [1.807, 2.05) is 43.3 Å². The second-order valence-electron chi connectivity index (χ2n) is 7.02. The second kappa shape index (κ2) is 7.60. The van der Waals surface area contributed by atoms with Crippen LogP contribution in [-0.2, 0) is 0 Å². The summed E-state index contributed by atoms with van der Waals surface area (Å²) in [6.07, 6.45) is 2.82. The molecule has 3 rings (SSSR count). The van der Waals surface area contributed by atoms with Crippen LogP contribution in [0.2, 0.25) is 0 Å². The number of carbonyl (C=O) groups is 1. The Hall–Kier alpha value is -2.49. The van der Waals surface area contributed by atoms with Gasteiger partial charge in [0.25, 0.3) is 0 Å². The lowest BCUT2D eigenvalue weighted by atomic mass is 10.0. The first-order valence-corrected chi connectivity index (χ1v) is 8.92. The normalized spacial score (nSPS) is 12.6. The van der Waals surface area contributed by atoms with E-state index in [4.69, 9.17) is 9.15 Å². The van der Waals surface area contributed by atoms with Crippen molar-refractivity contribution in [3.05, 3.63) is 42.5 Å². The maximum atomic E-state index is 12.1. The summed E-state index contributed by atoms with van der Waals surface area (Å²) < 4.78 is 11.2. The van der Waals surface area contributed by atoms with Gasteiger partial charge in [0.05, 0.1) is 0 Å². The molecule has 0 saturated carbocycles. The topological polar surface area (TPSA) is 51.5 Å². The van der Waals surface area contributed by atoms with Crippen LogP contribution in [-0.4, -0.2) is 12.1 Å². The third-order valence-corrected chi connectivity index (χ3v) is 4.34. The van der Waals surface area contributed by atoms with E-state index in [9.17, 15) is 4.79 Å². The van der Waals surface area contributed by atoms with Crippen molar-refractivity contribution in [2.45, 2.75) is 46.1 Å². The molecule has 132 valence electrons. The quantitative estimate of drug-likeness (QED) is 0.609. The molecule has 3 aromatic rings. The summed E-state index contributed by atoms with van der Waals surface area (Å²) in [6.45, 7) is 6.43. The minimum absolute atomic E-state index is 0.102. The number of hydrogen-bond donors (Lipinski definition) is 1. The number of hydrogen-bond acceptors (Lipinski definition) is 3. The van der Waals surface area contributed by atoms with E-state index in [0.717, 1.165) is 34.8 Å². The zero-order chi connectivity index (χ0) is 17.8. The molecule has 1 aromatic heterocycles. The summed E-state index contributed by atoms with van der Waals surface area (Å²) in [4.78, 5) is 12.1. The lowest BCUT2D eigenvalue weighted by Gasteiger charge is -2.14. The Balaban J connectivity index is 1.64. The second-order valence-corrected chi connectivity index (χ2v) is 7.02. The van der Waals surface area contributed by atoms with Crippen LogP contribution in [0.15, 0.2) is 46.9 Å². The lowest BCUT2D eigenvalue weighted by molar-refractivity contribution is 0.196. The molecule has 2 aromatic carbocycles. The first-order chi connectivity index (χ1) is 12.0. The molecule has 1 unspecified atom stereocenters. The van der Waals surface area contributed by atoms with Crippen molar-refractivity contribution in [2.75, 3.05) is 0 Å². The molecule has 1 amide bonds. The fraction of sp³-hybridized carbons (Fsp3) is 0.381. The number of furan rings is 1. The summed E-state index contributed by atoms with van der Waals surface area (Å²) in [7, 11) is 0. The number of benzene rings is 2. The van der Waals surface area contributed by atoms with E-state index in [-0.39, 0.29) is 6.04 Å². The van der Waals surface area contributed by atoms with Crippen LogP contribution in [0.5, 0.6) is 5.75 Å². The van der Waals surface area contributed by atoms with Gasteiger partial charge in [-0.2, -0.15) is 0 Å². The van der Waals surface area contributed by atoms with E-state index in [0.29, 0.717) is 11.7 Å². The molecule has 25 heavy (non-hydrogen) atoms. The molecule has 1 N–H and O–H groups in total. The van der Waals surface area contributed by atoms with E-state index < -0.39 is 6.09 Å². The third-order valence-electron chi connectivity index (χ3n) is 4.34. The van der Waals surface area contributed by atoms with Crippen molar-refractivity contribution < 1.29 is 13.9 Å². The molecule has 0 spiro atoms. The van der Waals surface area contributed by atoms with Crippen LogP contribution in [0, 0.1) is 5.92 Å². The average Bonchev–Trinajstić information content (AvgIpc) is 2.92. The molecular weight excluding hydrogens is 314 g/mol. The Morgan fingerprint density at radius 2 is 1.80 bits per heavy atom. The van der Waals surface area contributed by atoms with Crippen molar-refractivity contribution in [3.63, 3.8) is 0 Å². The molecule has 4 heteroatoms. The Morgan fingerprint density at radius 1 is 1.04 bits per heavy atom. The SMILES string of the molecule is CC(C)CCCC(C)NC(=O)Oc1ccc2oc3ccccc3c2c1. The highest BCUT2D eigenvalue weighted by Crippen LogP contribution is 2.31.